The molecule has 158 valence electrons. The summed E-state index contributed by atoms with van der Waals surface area (Å²) in [6, 6.07) is 14.1. The van der Waals surface area contributed by atoms with E-state index >= 15 is 0 Å². The summed E-state index contributed by atoms with van der Waals surface area (Å²) in [5, 5.41) is 3.75. The van der Waals surface area contributed by atoms with E-state index in [1.807, 2.05) is 41.1 Å². The Kier molecular flexibility index (Phi) is 5.06. The summed E-state index contributed by atoms with van der Waals surface area (Å²) < 4.78 is 15.7. The standard InChI is InChI=1S/C25H24FN3O2/c26-19-8-6-7-17(13-19)15-28-16-18(21-11-4-5-12-23(21)28)14-22-24(30)29(25(31)27-22)20-9-2-1-3-10-20/h4-8,11-14,16,20H,1-3,9-10,15H2,(H,27,31)/b22-14-. The number of urea groups is 1. The normalized spacial score (nSPS) is 18.9. The van der Waals surface area contributed by atoms with E-state index in [0.29, 0.717) is 12.2 Å². The molecule has 3 amide bonds. The smallest absolute Gasteiger partial charge is 0.329 e. The molecule has 6 heteroatoms. The second-order valence-electron chi connectivity index (χ2n) is 8.31. The number of para-hydroxylation sites is 1. The van der Waals surface area contributed by atoms with Gasteiger partial charge in [-0.1, -0.05) is 49.6 Å². The maximum atomic E-state index is 13.6. The minimum Gasteiger partial charge on any atom is -0.342 e. The van der Waals surface area contributed by atoms with Crippen LogP contribution in [0.3, 0.4) is 0 Å². The molecule has 5 nitrogen and oxygen atoms in total. The molecule has 2 aromatic carbocycles. The van der Waals surface area contributed by atoms with E-state index in [0.717, 1.165) is 54.1 Å². The lowest BCUT2D eigenvalue weighted by Crippen LogP contribution is -2.41. The van der Waals surface area contributed by atoms with Crippen LogP contribution in [0.25, 0.3) is 17.0 Å². The van der Waals surface area contributed by atoms with Crippen LogP contribution in [0, 0.1) is 5.82 Å². The zero-order valence-electron chi connectivity index (χ0n) is 17.2. The van der Waals surface area contributed by atoms with E-state index in [2.05, 4.69) is 5.32 Å². The van der Waals surface area contributed by atoms with Gasteiger partial charge in [-0.05, 0) is 42.7 Å². The van der Waals surface area contributed by atoms with Gasteiger partial charge in [0.1, 0.15) is 11.5 Å². The molecule has 2 aliphatic rings. The molecule has 0 unspecified atom stereocenters. The van der Waals surface area contributed by atoms with Crippen molar-refractivity contribution < 1.29 is 14.0 Å². The van der Waals surface area contributed by atoms with Crippen molar-refractivity contribution in [3.8, 4) is 0 Å². The first-order valence-corrected chi connectivity index (χ1v) is 10.8. The number of fused-ring (bicyclic) bond motifs is 1. The van der Waals surface area contributed by atoms with Crippen LogP contribution in [0.4, 0.5) is 9.18 Å². The molecule has 0 atom stereocenters. The van der Waals surface area contributed by atoms with E-state index in [1.165, 1.54) is 17.0 Å². The second kappa shape index (κ2) is 8.02. The maximum absolute atomic E-state index is 13.6. The Morgan fingerprint density at radius 2 is 1.84 bits per heavy atom. The number of nitrogens with one attached hydrogen (secondary N) is 1. The number of hydrogen-bond donors (Lipinski definition) is 1. The van der Waals surface area contributed by atoms with Crippen molar-refractivity contribution in [3.05, 3.63) is 77.4 Å². The van der Waals surface area contributed by atoms with Crippen LogP contribution >= 0.6 is 0 Å². The number of rotatable bonds is 4. The predicted octanol–water partition coefficient (Wildman–Crippen LogP) is 5.05. The van der Waals surface area contributed by atoms with Crippen LogP contribution in [-0.4, -0.2) is 27.4 Å². The minimum atomic E-state index is -0.327. The number of hydrogen-bond acceptors (Lipinski definition) is 2. The molecule has 2 heterocycles. The molecule has 3 aromatic rings. The summed E-state index contributed by atoms with van der Waals surface area (Å²) in [6.07, 6.45) is 8.72. The average Bonchev–Trinajstić information content (AvgIpc) is 3.25. The van der Waals surface area contributed by atoms with Crippen LogP contribution < -0.4 is 5.32 Å². The summed E-state index contributed by atoms with van der Waals surface area (Å²) in [6.45, 7) is 0.510. The van der Waals surface area contributed by atoms with Crippen molar-refractivity contribution in [2.24, 2.45) is 0 Å². The van der Waals surface area contributed by atoms with Crippen molar-refractivity contribution in [2.75, 3.05) is 0 Å². The quantitative estimate of drug-likeness (QED) is 0.477. The van der Waals surface area contributed by atoms with Crippen molar-refractivity contribution in [1.82, 2.24) is 14.8 Å². The summed E-state index contributed by atoms with van der Waals surface area (Å²) in [4.78, 5) is 27.0. The molecular formula is C25H24FN3O2. The van der Waals surface area contributed by atoms with E-state index in [4.69, 9.17) is 0 Å². The maximum Gasteiger partial charge on any atom is 0.329 e. The first-order valence-electron chi connectivity index (χ1n) is 10.8. The fourth-order valence-electron chi connectivity index (χ4n) is 4.73. The summed E-state index contributed by atoms with van der Waals surface area (Å²) in [5.74, 6) is -0.516. The second-order valence-corrected chi connectivity index (χ2v) is 8.31. The fraction of sp³-hybridized carbons (Fsp3) is 0.280. The summed E-state index contributed by atoms with van der Waals surface area (Å²) in [5.41, 5.74) is 3.00. The van der Waals surface area contributed by atoms with Crippen LogP contribution in [-0.2, 0) is 11.3 Å². The number of halogens is 1. The van der Waals surface area contributed by atoms with Crippen LogP contribution in [0.2, 0.25) is 0 Å². The number of amides is 3. The number of nitrogens with zero attached hydrogens (tertiary/aromatic N) is 2. The molecule has 31 heavy (non-hydrogen) atoms. The van der Waals surface area contributed by atoms with Gasteiger partial charge in [-0.2, -0.15) is 0 Å². The van der Waals surface area contributed by atoms with Gasteiger partial charge in [-0.25, -0.2) is 9.18 Å². The SMILES string of the molecule is O=C1N/C(=C\c2cn(Cc3cccc(F)c3)c3ccccc23)C(=O)N1C1CCCCC1. The van der Waals surface area contributed by atoms with Gasteiger partial charge in [0.05, 0.1) is 0 Å². The third kappa shape index (κ3) is 3.74. The highest BCUT2D eigenvalue weighted by atomic mass is 19.1. The molecule has 5 rings (SSSR count). The third-order valence-corrected chi connectivity index (χ3v) is 6.21. The van der Waals surface area contributed by atoms with Gasteiger partial charge in [-0.15, -0.1) is 0 Å². The highest BCUT2D eigenvalue weighted by Crippen LogP contribution is 2.29. The molecule has 0 spiro atoms. The zero-order chi connectivity index (χ0) is 21.4. The first kappa shape index (κ1) is 19.5. The Hall–Kier alpha value is -3.41. The fourth-order valence-corrected chi connectivity index (χ4v) is 4.73. The molecule has 0 radical (unpaired) electrons. The zero-order valence-corrected chi connectivity index (χ0v) is 17.2. The monoisotopic (exact) mass is 417 g/mol. The molecule has 1 saturated carbocycles. The van der Waals surface area contributed by atoms with Crippen LogP contribution in [0.5, 0.6) is 0 Å². The van der Waals surface area contributed by atoms with Gasteiger partial charge in [0, 0.05) is 35.2 Å². The Morgan fingerprint density at radius 1 is 1.03 bits per heavy atom. The molecule has 0 bridgehead atoms. The molecular weight excluding hydrogens is 393 g/mol. The number of benzene rings is 2. The molecule has 1 aliphatic carbocycles. The molecule has 1 N–H and O–H groups in total. The number of carbonyl (C=O) groups is 2. The van der Waals surface area contributed by atoms with Gasteiger partial charge < -0.3 is 9.88 Å². The Morgan fingerprint density at radius 3 is 2.65 bits per heavy atom. The van der Waals surface area contributed by atoms with Gasteiger partial charge >= 0.3 is 6.03 Å². The molecule has 2 fully saturated rings. The van der Waals surface area contributed by atoms with Gasteiger partial charge in [0.15, 0.2) is 0 Å². The molecule has 1 aliphatic heterocycles. The minimum absolute atomic E-state index is 0.0125. The highest BCUT2D eigenvalue weighted by molar-refractivity contribution is 6.14. The average molecular weight is 417 g/mol. The number of imide groups is 1. The van der Waals surface area contributed by atoms with Crippen molar-refractivity contribution in [2.45, 2.75) is 44.7 Å². The van der Waals surface area contributed by atoms with E-state index in [1.54, 1.807) is 12.1 Å². The summed E-state index contributed by atoms with van der Waals surface area (Å²) >= 11 is 0. The predicted molar refractivity (Wildman–Crippen MR) is 118 cm³/mol. The largest absolute Gasteiger partial charge is 0.342 e. The lowest BCUT2D eigenvalue weighted by atomic mass is 9.94. The summed E-state index contributed by atoms with van der Waals surface area (Å²) in [7, 11) is 0. The van der Waals surface area contributed by atoms with Crippen molar-refractivity contribution >= 4 is 28.9 Å². The van der Waals surface area contributed by atoms with Crippen LogP contribution in [0.1, 0.15) is 43.2 Å². The van der Waals surface area contributed by atoms with Crippen molar-refractivity contribution in [3.63, 3.8) is 0 Å². The van der Waals surface area contributed by atoms with Gasteiger partial charge in [0.2, 0.25) is 0 Å². The number of carbonyl (C=O) groups excluding carboxylic acids is 2. The van der Waals surface area contributed by atoms with Gasteiger partial charge in [0.25, 0.3) is 5.91 Å². The molecule has 1 saturated heterocycles. The Balaban J connectivity index is 1.48. The molecule has 1 aromatic heterocycles. The van der Waals surface area contributed by atoms with Crippen molar-refractivity contribution in [1.29, 1.82) is 0 Å². The highest BCUT2D eigenvalue weighted by Gasteiger charge is 2.39. The lowest BCUT2D eigenvalue weighted by Gasteiger charge is -2.28. The number of aromatic nitrogens is 1. The van der Waals surface area contributed by atoms with E-state index in [-0.39, 0.29) is 23.8 Å². The Labute approximate surface area is 180 Å². The first-order chi connectivity index (χ1) is 15.1. The Bertz CT molecular complexity index is 1190. The van der Waals surface area contributed by atoms with E-state index < -0.39 is 0 Å². The topological polar surface area (TPSA) is 54.3 Å². The van der Waals surface area contributed by atoms with E-state index in [9.17, 15) is 14.0 Å². The third-order valence-electron chi connectivity index (χ3n) is 6.21. The lowest BCUT2D eigenvalue weighted by molar-refractivity contribution is -0.124. The van der Waals surface area contributed by atoms with Crippen LogP contribution in [0.15, 0.2) is 60.4 Å². The van der Waals surface area contributed by atoms with Gasteiger partial charge in [-0.3, -0.25) is 9.69 Å².